The van der Waals surface area contributed by atoms with E-state index in [0.29, 0.717) is 5.56 Å². The van der Waals surface area contributed by atoms with Gasteiger partial charge in [-0.1, -0.05) is 36.4 Å². The van der Waals surface area contributed by atoms with E-state index in [4.69, 9.17) is 9.84 Å². The van der Waals surface area contributed by atoms with Gasteiger partial charge in [-0.05, 0) is 31.5 Å². The number of ketones is 1. The van der Waals surface area contributed by atoms with E-state index in [1.54, 1.807) is 12.1 Å². The fourth-order valence-electron chi connectivity index (χ4n) is 3.72. The Morgan fingerprint density at radius 2 is 1.70 bits per heavy atom. The Morgan fingerprint density at radius 1 is 1.09 bits per heavy atom. The second-order valence-electron chi connectivity index (χ2n) is 7.82. The number of halogens is 3. The number of hydrogen-bond donors (Lipinski definition) is 1. The number of aliphatic hydroxyl groups excluding tert-OH is 1. The van der Waals surface area contributed by atoms with E-state index in [2.05, 4.69) is 4.74 Å². The average molecular weight is 466 g/mol. The molecule has 1 fully saturated rings. The van der Waals surface area contributed by atoms with Gasteiger partial charge in [-0.3, -0.25) is 9.69 Å². The second kappa shape index (κ2) is 10.2. The fraction of sp³-hybridized carbons (Fsp3) is 0.391. The van der Waals surface area contributed by atoms with Gasteiger partial charge in [0.05, 0.1) is 24.4 Å². The van der Waals surface area contributed by atoms with Crippen molar-refractivity contribution in [1.82, 2.24) is 4.90 Å². The Kier molecular flexibility index (Phi) is 7.60. The van der Waals surface area contributed by atoms with Gasteiger partial charge in [0.1, 0.15) is 6.61 Å². The maximum Gasteiger partial charge on any atom is 0.573 e. The molecule has 1 aliphatic heterocycles. The van der Waals surface area contributed by atoms with Crippen LogP contribution in [0.4, 0.5) is 23.7 Å². The summed E-state index contributed by atoms with van der Waals surface area (Å²) in [5, 5.41) is 9.01. The van der Waals surface area contributed by atoms with Crippen molar-refractivity contribution in [2.75, 3.05) is 24.6 Å². The molecule has 2 atom stereocenters. The van der Waals surface area contributed by atoms with E-state index < -0.39 is 30.5 Å². The highest BCUT2D eigenvalue weighted by atomic mass is 19.4. The lowest BCUT2D eigenvalue weighted by Gasteiger charge is -2.38. The molecule has 33 heavy (non-hydrogen) atoms. The van der Waals surface area contributed by atoms with Gasteiger partial charge in [0, 0.05) is 18.7 Å². The van der Waals surface area contributed by atoms with Crippen molar-refractivity contribution in [2.45, 2.75) is 39.0 Å². The summed E-state index contributed by atoms with van der Waals surface area (Å²) in [5.74, 6) is -0.963. The van der Waals surface area contributed by atoms with Crippen molar-refractivity contribution in [3.63, 3.8) is 0 Å². The number of rotatable bonds is 6. The number of para-hydroxylation sites is 2. The molecule has 1 aliphatic rings. The van der Waals surface area contributed by atoms with Crippen molar-refractivity contribution < 1.29 is 37.3 Å². The van der Waals surface area contributed by atoms with Crippen LogP contribution in [0.3, 0.4) is 0 Å². The van der Waals surface area contributed by atoms with Gasteiger partial charge in [-0.2, -0.15) is 0 Å². The molecule has 7 nitrogen and oxygen atoms in total. The molecule has 0 spiro atoms. The molecular formula is C23H25F3N2O5. The lowest BCUT2D eigenvalue weighted by Crippen LogP contribution is -2.53. The molecule has 10 heteroatoms. The molecule has 0 aliphatic carbocycles. The number of carbonyl (C=O) groups excluding carboxylic acids is 2. The standard InChI is InChI=1S/C23H25F3N2O5/c1-15-11-27(12-16(2)32-15)22(31)28(13-17-7-9-18(10-8-17)20(30)14-29)19-5-3-4-6-21(19)33-23(24,25)26/h3-10,15-16,29H,11-14H2,1-2H3. The Balaban J connectivity index is 1.97. The van der Waals surface area contributed by atoms with Gasteiger partial charge in [-0.15, -0.1) is 13.2 Å². The van der Waals surface area contributed by atoms with E-state index in [0.717, 1.165) is 6.07 Å². The minimum absolute atomic E-state index is 0.0397. The maximum atomic E-state index is 13.5. The minimum Gasteiger partial charge on any atom is -0.404 e. The highest BCUT2D eigenvalue weighted by Gasteiger charge is 2.35. The molecule has 1 heterocycles. The summed E-state index contributed by atoms with van der Waals surface area (Å²) < 4.78 is 48.9. The minimum atomic E-state index is -4.93. The molecule has 2 amide bonds. The zero-order valence-electron chi connectivity index (χ0n) is 18.2. The molecule has 2 aromatic carbocycles. The van der Waals surface area contributed by atoms with E-state index in [1.807, 2.05) is 13.8 Å². The quantitative estimate of drug-likeness (QED) is 0.652. The number of aliphatic hydroxyl groups is 1. The number of alkyl halides is 3. The second-order valence-corrected chi connectivity index (χ2v) is 7.82. The Bertz CT molecular complexity index is 971. The molecule has 0 aromatic heterocycles. The number of morpholine rings is 1. The number of urea groups is 1. The van der Waals surface area contributed by atoms with Crippen LogP contribution in [0.1, 0.15) is 29.8 Å². The van der Waals surface area contributed by atoms with Gasteiger partial charge in [0.15, 0.2) is 11.5 Å². The van der Waals surface area contributed by atoms with E-state index in [1.165, 1.54) is 40.1 Å². The molecule has 0 saturated carbocycles. The number of ether oxygens (including phenoxy) is 2. The normalized spacial score (nSPS) is 18.7. The number of amides is 2. The molecule has 2 unspecified atom stereocenters. The molecular weight excluding hydrogens is 441 g/mol. The molecule has 1 saturated heterocycles. The van der Waals surface area contributed by atoms with Crippen LogP contribution >= 0.6 is 0 Å². The summed E-state index contributed by atoms with van der Waals surface area (Å²) in [5.41, 5.74) is 0.826. The topological polar surface area (TPSA) is 79.3 Å². The SMILES string of the molecule is CC1CN(C(=O)N(Cc2ccc(C(=O)CO)cc2)c2ccccc2OC(F)(F)F)CC(C)O1. The van der Waals surface area contributed by atoms with E-state index >= 15 is 0 Å². The third-order valence-corrected chi connectivity index (χ3v) is 5.06. The third kappa shape index (κ3) is 6.45. The molecule has 0 bridgehead atoms. The van der Waals surface area contributed by atoms with Gasteiger partial charge in [0.25, 0.3) is 0 Å². The van der Waals surface area contributed by atoms with Crippen molar-refractivity contribution >= 4 is 17.5 Å². The van der Waals surface area contributed by atoms with Crippen molar-refractivity contribution in [1.29, 1.82) is 0 Å². The van der Waals surface area contributed by atoms with Crippen molar-refractivity contribution in [2.24, 2.45) is 0 Å². The largest absolute Gasteiger partial charge is 0.573 e. The molecule has 178 valence electrons. The van der Waals surface area contributed by atoms with Crippen LogP contribution in [0, 0.1) is 0 Å². The number of Topliss-reactive ketones (excluding diaryl/α,β-unsaturated/α-hetero) is 1. The zero-order valence-corrected chi connectivity index (χ0v) is 18.2. The van der Waals surface area contributed by atoms with Gasteiger partial charge in [0.2, 0.25) is 0 Å². The number of hydrogen-bond acceptors (Lipinski definition) is 5. The highest BCUT2D eigenvalue weighted by Crippen LogP contribution is 2.34. The summed E-state index contributed by atoms with van der Waals surface area (Å²) in [7, 11) is 0. The van der Waals surface area contributed by atoms with Gasteiger partial charge in [-0.25, -0.2) is 4.79 Å². The van der Waals surface area contributed by atoms with Crippen LogP contribution in [-0.4, -0.2) is 60.1 Å². The summed E-state index contributed by atoms with van der Waals surface area (Å²) in [6, 6.07) is 11.1. The number of carbonyl (C=O) groups is 2. The summed E-state index contributed by atoms with van der Waals surface area (Å²) in [6.45, 7) is 3.50. The van der Waals surface area contributed by atoms with E-state index in [9.17, 15) is 22.8 Å². The highest BCUT2D eigenvalue weighted by molar-refractivity contribution is 5.97. The lowest BCUT2D eigenvalue weighted by atomic mass is 10.1. The average Bonchev–Trinajstić information content (AvgIpc) is 2.76. The Hall–Kier alpha value is -3.11. The summed E-state index contributed by atoms with van der Waals surface area (Å²) in [6.07, 6.45) is -5.39. The third-order valence-electron chi connectivity index (χ3n) is 5.06. The fourth-order valence-corrected chi connectivity index (χ4v) is 3.72. The Labute approximate surface area is 189 Å². The van der Waals surface area contributed by atoms with Crippen LogP contribution in [0.15, 0.2) is 48.5 Å². The molecule has 0 radical (unpaired) electrons. The molecule has 1 N–H and O–H groups in total. The van der Waals surface area contributed by atoms with Crippen LogP contribution in [0.5, 0.6) is 5.75 Å². The van der Waals surface area contributed by atoms with Gasteiger partial charge >= 0.3 is 12.4 Å². The van der Waals surface area contributed by atoms with Crippen LogP contribution in [0.2, 0.25) is 0 Å². The first-order valence-electron chi connectivity index (χ1n) is 10.4. The number of anilines is 1. The lowest BCUT2D eigenvalue weighted by molar-refractivity contribution is -0.274. The zero-order chi connectivity index (χ0) is 24.2. The maximum absolute atomic E-state index is 13.5. The first-order valence-corrected chi connectivity index (χ1v) is 10.4. The predicted octanol–water partition coefficient (Wildman–Crippen LogP) is 4.00. The van der Waals surface area contributed by atoms with Crippen LogP contribution < -0.4 is 9.64 Å². The first kappa shape index (κ1) is 24.5. The monoisotopic (exact) mass is 466 g/mol. The molecule has 2 aromatic rings. The molecule has 3 rings (SSSR count). The Morgan fingerprint density at radius 3 is 2.27 bits per heavy atom. The van der Waals surface area contributed by atoms with Crippen molar-refractivity contribution in [3.8, 4) is 5.75 Å². The first-order chi connectivity index (χ1) is 15.6. The number of benzene rings is 2. The smallest absolute Gasteiger partial charge is 0.404 e. The summed E-state index contributed by atoms with van der Waals surface area (Å²) >= 11 is 0. The summed E-state index contributed by atoms with van der Waals surface area (Å²) in [4.78, 5) is 27.9. The van der Waals surface area contributed by atoms with Gasteiger partial charge < -0.3 is 19.5 Å². The van der Waals surface area contributed by atoms with E-state index in [-0.39, 0.29) is 43.1 Å². The van der Waals surface area contributed by atoms with Crippen LogP contribution in [-0.2, 0) is 11.3 Å². The van der Waals surface area contributed by atoms with Crippen LogP contribution in [0.25, 0.3) is 0 Å². The van der Waals surface area contributed by atoms with Crippen molar-refractivity contribution in [3.05, 3.63) is 59.7 Å². The predicted molar refractivity (Wildman–Crippen MR) is 114 cm³/mol. The number of nitrogens with zero attached hydrogens (tertiary/aromatic N) is 2.